The van der Waals surface area contributed by atoms with Crippen molar-refractivity contribution in [3.63, 3.8) is 0 Å². The fourth-order valence-corrected chi connectivity index (χ4v) is 3.02. The lowest BCUT2D eigenvalue weighted by Crippen LogP contribution is -2.23. The number of furan rings is 1. The van der Waals surface area contributed by atoms with Crippen LogP contribution in [0.4, 0.5) is 13.2 Å². The van der Waals surface area contributed by atoms with Crippen LogP contribution in [0, 0.1) is 13.8 Å². The third kappa shape index (κ3) is 5.43. The van der Waals surface area contributed by atoms with E-state index in [0.29, 0.717) is 17.7 Å². The number of hydrogen-bond acceptors (Lipinski definition) is 3. The Kier molecular flexibility index (Phi) is 6.00. The molecule has 0 bridgehead atoms. The fraction of sp³-hybridized carbons (Fsp3) is 0.286. The van der Waals surface area contributed by atoms with Crippen molar-refractivity contribution >= 4 is 5.91 Å². The van der Waals surface area contributed by atoms with Gasteiger partial charge in [-0.05, 0) is 49.7 Å². The normalized spacial score (nSPS) is 11.5. The molecular weight excluding hydrogens is 385 g/mol. The van der Waals surface area contributed by atoms with Gasteiger partial charge in [0.1, 0.15) is 11.5 Å². The summed E-state index contributed by atoms with van der Waals surface area (Å²) in [5, 5.41) is 2.80. The fourth-order valence-electron chi connectivity index (χ4n) is 3.02. The highest BCUT2D eigenvalue weighted by Crippen LogP contribution is 2.20. The van der Waals surface area contributed by atoms with Crippen molar-refractivity contribution in [1.29, 1.82) is 0 Å². The molecule has 0 atom stereocenters. The molecular formula is C21H21F3N2O3. The minimum atomic E-state index is -4.40. The minimum Gasteiger partial charge on any atom is -0.484 e. The Bertz CT molecular complexity index is 976. The molecule has 2 heterocycles. The van der Waals surface area contributed by atoms with Gasteiger partial charge in [0.25, 0.3) is 5.91 Å². The van der Waals surface area contributed by atoms with Gasteiger partial charge < -0.3 is 19.0 Å². The van der Waals surface area contributed by atoms with Gasteiger partial charge in [0.2, 0.25) is 0 Å². The van der Waals surface area contributed by atoms with Gasteiger partial charge in [-0.3, -0.25) is 4.79 Å². The number of aromatic nitrogens is 1. The molecule has 154 valence electrons. The van der Waals surface area contributed by atoms with Crippen LogP contribution in [0.15, 0.2) is 53.1 Å². The summed E-state index contributed by atoms with van der Waals surface area (Å²) in [7, 11) is 0. The zero-order valence-corrected chi connectivity index (χ0v) is 16.0. The predicted octanol–water partition coefficient (Wildman–Crippen LogP) is 4.62. The van der Waals surface area contributed by atoms with Crippen molar-refractivity contribution in [3.8, 4) is 5.75 Å². The van der Waals surface area contributed by atoms with E-state index in [1.807, 2.05) is 30.5 Å². The van der Waals surface area contributed by atoms with Crippen LogP contribution in [0.5, 0.6) is 5.75 Å². The Morgan fingerprint density at radius 3 is 2.66 bits per heavy atom. The van der Waals surface area contributed by atoms with E-state index in [2.05, 4.69) is 5.32 Å². The maximum absolute atomic E-state index is 12.6. The second kappa shape index (κ2) is 8.46. The van der Waals surface area contributed by atoms with E-state index in [9.17, 15) is 18.0 Å². The van der Waals surface area contributed by atoms with Gasteiger partial charge in [0.15, 0.2) is 6.61 Å². The highest BCUT2D eigenvalue weighted by molar-refractivity contribution is 5.95. The standard InChI is InChI=1S/C21H21F3N2O3/c1-14-9-19(15(2)26(14)12-18-7-4-8-28-18)20(27)25-11-16-5-3-6-17(10-16)29-13-21(22,23)24/h3-10H,11-13H2,1-2H3,(H,25,27). The van der Waals surface area contributed by atoms with Crippen LogP contribution in [0.1, 0.15) is 33.1 Å². The monoisotopic (exact) mass is 406 g/mol. The number of hydrogen-bond donors (Lipinski definition) is 1. The maximum atomic E-state index is 12.6. The van der Waals surface area contributed by atoms with Crippen LogP contribution in [0.3, 0.4) is 0 Å². The summed E-state index contributed by atoms with van der Waals surface area (Å²) in [6, 6.07) is 11.7. The summed E-state index contributed by atoms with van der Waals surface area (Å²) in [5.74, 6) is 0.630. The van der Waals surface area contributed by atoms with Crippen LogP contribution >= 0.6 is 0 Å². The molecule has 0 aliphatic heterocycles. The van der Waals surface area contributed by atoms with Crippen LogP contribution < -0.4 is 10.1 Å². The number of ether oxygens (including phenoxy) is 1. The number of nitrogens with zero attached hydrogens (tertiary/aromatic N) is 1. The second-order valence-corrected chi connectivity index (χ2v) is 6.68. The molecule has 8 heteroatoms. The molecule has 1 aromatic carbocycles. The van der Waals surface area contributed by atoms with E-state index in [1.54, 1.807) is 24.5 Å². The molecule has 1 amide bonds. The zero-order valence-electron chi connectivity index (χ0n) is 16.0. The number of rotatable bonds is 7. The van der Waals surface area contributed by atoms with Crippen LogP contribution in [0.25, 0.3) is 0 Å². The molecule has 0 saturated heterocycles. The predicted molar refractivity (Wildman–Crippen MR) is 101 cm³/mol. The lowest BCUT2D eigenvalue weighted by atomic mass is 10.2. The van der Waals surface area contributed by atoms with E-state index in [0.717, 1.165) is 17.1 Å². The van der Waals surface area contributed by atoms with E-state index in [4.69, 9.17) is 9.15 Å². The van der Waals surface area contributed by atoms with Crippen LogP contribution in [0.2, 0.25) is 0 Å². The molecule has 3 aromatic rings. The topological polar surface area (TPSA) is 56.4 Å². The first kappa shape index (κ1) is 20.6. The van der Waals surface area contributed by atoms with E-state index in [1.165, 1.54) is 12.1 Å². The molecule has 2 aromatic heterocycles. The van der Waals surface area contributed by atoms with Crippen molar-refractivity contribution in [1.82, 2.24) is 9.88 Å². The summed E-state index contributed by atoms with van der Waals surface area (Å²) in [4.78, 5) is 12.6. The van der Waals surface area contributed by atoms with Crippen molar-refractivity contribution in [3.05, 3.63) is 77.0 Å². The van der Waals surface area contributed by atoms with Crippen molar-refractivity contribution in [2.45, 2.75) is 33.1 Å². The molecule has 0 saturated carbocycles. The summed E-state index contributed by atoms with van der Waals surface area (Å²) in [6.45, 7) is 3.11. The Labute approximate surface area is 166 Å². The van der Waals surface area contributed by atoms with Gasteiger partial charge in [-0.25, -0.2) is 0 Å². The highest BCUT2D eigenvalue weighted by atomic mass is 19.4. The number of amides is 1. The number of halogens is 3. The van der Waals surface area contributed by atoms with Gasteiger partial charge in [-0.1, -0.05) is 12.1 Å². The zero-order chi connectivity index (χ0) is 21.0. The number of carbonyl (C=O) groups is 1. The molecule has 0 unspecified atom stereocenters. The minimum absolute atomic E-state index is 0.102. The van der Waals surface area contributed by atoms with Gasteiger partial charge in [-0.15, -0.1) is 0 Å². The van der Waals surface area contributed by atoms with E-state index < -0.39 is 12.8 Å². The van der Waals surface area contributed by atoms with Crippen LogP contribution in [-0.4, -0.2) is 23.3 Å². The second-order valence-electron chi connectivity index (χ2n) is 6.68. The Morgan fingerprint density at radius 2 is 1.97 bits per heavy atom. The van der Waals surface area contributed by atoms with Gasteiger partial charge in [-0.2, -0.15) is 13.2 Å². The van der Waals surface area contributed by atoms with Gasteiger partial charge in [0, 0.05) is 17.9 Å². The first-order valence-electron chi connectivity index (χ1n) is 8.99. The van der Waals surface area contributed by atoms with E-state index >= 15 is 0 Å². The molecule has 0 aliphatic rings. The molecule has 5 nitrogen and oxygen atoms in total. The Morgan fingerprint density at radius 1 is 1.17 bits per heavy atom. The first-order chi connectivity index (χ1) is 13.7. The number of alkyl halides is 3. The number of nitrogens with one attached hydrogen (secondary N) is 1. The Hall–Kier alpha value is -3.16. The lowest BCUT2D eigenvalue weighted by Gasteiger charge is -2.11. The number of aryl methyl sites for hydroxylation is 1. The number of benzene rings is 1. The smallest absolute Gasteiger partial charge is 0.422 e. The molecule has 0 fully saturated rings. The van der Waals surface area contributed by atoms with Gasteiger partial charge in [0.05, 0.1) is 18.4 Å². The first-order valence-corrected chi connectivity index (χ1v) is 8.99. The molecule has 0 spiro atoms. The average Bonchev–Trinajstić information content (AvgIpc) is 3.28. The summed E-state index contributed by atoms with van der Waals surface area (Å²) in [6.07, 6.45) is -2.80. The van der Waals surface area contributed by atoms with Crippen LogP contribution in [-0.2, 0) is 13.1 Å². The van der Waals surface area contributed by atoms with E-state index in [-0.39, 0.29) is 18.2 Å². The largest absolute Gasteiger partial charge is 0.484 e. The average molecular weight is 406 g/mol. The molecule has 29 heavy (non-hydrogen) atoms. The third-order valence-corrected chi connectivity index (χ3v) is 4.47. The summed E-state index contributed by atoms with van der Waals surface area (Å²) < 4.78 is 49.0. The molecule has 3 rings (SSSR count). The summed E-state index contributed by atoms with van der Waals surface area (Å²) in [5.41, 5.74) is 2.91. The van der Waals surface area contributed by atoms with Gasteiger partial charge >= 0.3 is 6.18 Å². The van der Waals surface area contributed by atoms with Crippen molar-refractivity contribution < 1.29 is 27.1 Å². The summed E-state index contributed by atoms with van der Waals surface area (Å²) >= 11 is 0. The quantitative estimate of drug-likeness (QED) is 0.623. The molecule has 0 radical (unpaired) electrons. The van der Waals surface area contributed by atoms with Crippen molar-refractivity contribution in [2.24, 2.45) is 0 Å². The third-order valence-electron chi connectivity index (χ3n) is 4.47. The maximum Gasteiger partial charge on any atom is 0.422 e. The lowest BCUT2D eigenvalue weighted by molar-refractivity contribution is -0.153. The molecule has 0 aliphatic carbocycles. The molecule has 1 N–H and O–H groups in total. The Balaban J connectivity index is 1.64. The SMILES string of the molecule is Cc1cc(C(=O)NCc2cccc(OCC(F)(F)F)c2)c(C)n1Cc1ccco1. The van der Waals surface area contributed by atoms with Crippen molar-refractivity contribution in [2.75, 3.05) is 6.61 Å². The highest BCUT2D eigenvalue weighted by Gasteiger charge is 2.28. The number of carbonyl (C=O) groups excluding carboxylic acids is 1.